The van der Waals surface area contributed by atoms with Crippen LogP contribution in [-0.4, -0.2) is 79.6 Å². The van der Waals surface area contributed by atoms with Crippen LogP contribution < -0.4 is 5.32 Å². The summed E-state index contributed by atoms with van der Waals surface area (Å²) < 4.78 is 28.5. The molecule has 0 aliphatic carbocycles. The molecule has 1 amide bonds. The van der Waals surface area contributed by atoms with E-state index in [0.717, 1.165) is 13.1 Å². The van der Waals surface area contributed by atoms with E-state index in [-0.39, 0.29) is 40.9 Å². The number of nitrogens with zero attached hydrogens (tertiary/aromatic N) is 1. The van der Waals surface area contributed by atoms with Crippen LogP contribution in [0.5, 0.6) is 0 Å². The number of ether oxygens (including phenoxy) is 1. The van der Waals surface area contributed by atoms with Crippen molar-refractivity contribution in [3.8, 4) is 0 Å². The molecule has 0 radical (unpaired) electrons. The van der Waals surface area contributed by atoms with Crippen LogP contribution in [0, 0.1) is 0 Å². The Morgan fingerprint density at radius 1 is 1.35 bits per heavy atom. The normalized spacial score (nSPS) is 32.6. The molecule has 0 aromatic heterocycles. The molecule has 2 heterocycles. The fourth-order valence-corrected chi connectivity index (χ4v) is 6.58. The molecule has 0 unspecified atom stereocenters. The van der Waals surface area contributed by atoms with Gasteiger partial charge in [0, 0.05) is 30.9 Å². The van der Waals surface area contributed by atoms with Crippen molar-refractivity contribution in [2.24, 2.45) is 0 Å². The van der Waals surface area contributed by atoms with Crippen molar-refractivity contribution in [1.82, 2.24) is 10.2 Å². The Morgan fingerprint density at radius 3 is 2.57 bits per heavy atom. The Hall–Kier alpha value is -0.310. The molecule has 2 aliphatic heterocycles. The van der Waals surface area contributed by atoms with E-state index in [1.54, 1.807) is 0 Å². The average molecular weight is 365 g/mol. The molecule has 0 bridgehead atoms. The van der Waals surface area contributed by atoms with E-state index in [0.29, 0.717) is 18.7 Å². The smallest absolute Gasteiger partial charge is 0.230 e. The lowest BCUT2D eigenvalue weighted by atomic mass is 10.2. The van der Waals surface area contributed by atoms with Crippen LogP contribution >= 0.6 is 11.8 Å². The molecule has 0 saturated carbocycles. The van der Waals surface area contributed by atoms with E-state index in [2.05, 4.69) is 31.0 Å². The van der Waals surface area contributed by atoms with Gasteiger partial charge in [-0.05, 0) is 27.2 Å². The van der Waals surface area contributed by atoms with Gasteiger partial charge in [-0.1, -0.05) is 0 Å². The minimum atomic E-state index is -2.87. The van der Waals surface area contributed by atoms with Crippen LogP contribution in [0.3, 0.4) is 0 Å². The first-order valence-electron chi connectivity index (χ1n) is 8.23. The number of hydrogen-bond donors (Lipinski definition) is 1. The second-order valence-corrected chi connectivity index (χ2v) is 10.2. The fourth-order valence-electron chi connectivity index (χ4n) is 3.11. The zero-order valence-electron chi connectivity index (χ0n) is 14.2. The van der Waals surface area contributed by atoms with E-state index in [4.69, 9.17) is 4.74 Å². The van der Waals surface area contributed by atoms with Crippen molar-refractivity contribution in [2.45, 2.75) is 50.7 Å². The highest BCUT2D eigenvalue weighted by Crippen LogP contribution is 2.24. The lowest BCUT2D eigenvalue weighted by molar-refractivity contribution is -0.119. The van der Waals surface area contributed by atoms with Crippen molar-refractivity contribution >= 4 is 27.5 Å². The molecule has 6 nitrogen and oxygen atoms in total. The first-order chi connectivity index (χ1) is 10.7. The molecule has 4 atom stereocenters. The predicted octanol–water partition coefficient (Wildman–Crippen LogP) is 0.521. The summed E-state index contributed by atoms with van der Waals surface area (Å²) in [6.45, 7) is 8.64. The number of carbonyl (C=O) groups excluding carboxylic acids is 1. The van der Waals surface area contributed by atoms with Crippen LogP contribution in [0.4, 0.5) is 0 Å². The summed E-state index contributed by atoms with van der Waals surface area (Å²) in [6, 6.07) is 0.268. The standard InChI is InChI=1S/C15H28N2O4S2/c1-11(17-7-12(2)21-13(3)8-17)6-16-15(18)9-22-14-4-5-23(19,20)10-14/h11-14H,4-10H2,1-3H3,(H,16,18)/t11-,12-,13-,14-/m1/s1. The summed E-state index contributed by atoms with van der Waals surface area (Å²) in [5.74, 6) is 0.797. The van der Waals surface area contributed by atoms with Gasteiger partial charge in [0.2, 0.25) is 5.91 Å². The highest BCUT2D eigenvalue weighted by atomic mass is 32.2. The molecule has 134 valence electrons. The van der Waals surface area contributed by atoms with E-state index in [9.17, 15) is 13.2 Å². The predicted molar refractivity (Wildman–Crippen MR) is 93.6 cm³/mol. The molecule has 0 aromatic carbocycles. The highest BCUT2D eigenvalue weighted by molar-refractivity contribution is 8.02. The Balaban J connectivity index is 1.66. The van der Waals surface area contributed by atoms with Gasteiger partial charge in [0.05, 0.1) is 29.5 Å². The van der Waals surface area contributed by atoms with Crippen molar-refractivity contribution in [3.63, 3.8) is 0 Å². The maximum Gasteiger partial charge on any atom is 0.230 e. The fraction of sp³-hybridized carbons (Fsp3) is 0.933. The molecule has 2 saturated heterocycles. The van der Waals surface area contributed by atoms with Gasteiger partial charge in [-0.15, -0.1) is 11.8 Å². The van der Waals surface area contributed by atoms with Gasteiger partial charge in [0.25, 0.3) is 0 Å². The minimum Gasteiger partial charge on any atom is -0.373 e. The quantitative estimate of drug-likeness (QED) is 0.741. The Kier molecular flexibility index (Phi) is 6.77. The van der Waals surface area contributed by atoms with Crippen LogP contribution in [0.1, 0.15) is 27.2 Å². The first-order valence-corrected chi connectivity index (χ1v) is 11.1. The van der Waals surface area contributed by atoms with Crippen LogP contribution in [0.2, 0.25) is 0 Å². The summed E-state index contributed by atoms with van der Waals surface area (Å²) in [5.41, 5.74) is 0. The number of nitrogens with one attached hydrogen (secondary N) is 1. The summed E-state index contributed by atoms with van der Waals surface area (Å²) in [4.78, 5) is 14.3. The zero-order valence-corrected chi connectivity index (χ0v) is 15.8. The molecule has 2 rings (SSSR count). The zero-order chi connectivity index (χ0) is 17.0. The molecule has 0 aromatic rings. The summed E-state index contributed by atoms with van der Waals surface area (Å²) in [7, 11) is -2.87. The van der Waals surface area contributed by atoms with Crippen molar-refractivity contribution in [3.05, 3.63) is 0 Å². The number of sulfone groups is 1. The molecule has 23 heavy (non-hydrogen) atoms. The Labute approximate surface area is 143 Å². The number of morpholine rings is 1. The van der Waals surface area contributed by atoms with E-state index >= 15 is 0 Å². The number of amides is 1. The lowest BCUT2D eigenvalue weighted by Crippen LogP contribution is -2.52. The lowest BCUT2D eigenvalue weighted by Gasteiger charge is -2.39. The Morgan fingerprint density at radius 2 is 2.00 bits per heavy atom. The molecule has 0 spiro atoms. The van der Waals surface area contributed by atoms with Crippen molar-refractivity contribution in [2.75, 3.05) is 36.9 Å². The van der Waals surface area contributed by atoms with E-state index in [1.807, 2.05) is 0 Å². The minimum absolute atomic E-state index is 0.0134. The first kappa shape index (κ1) is 19.0. The maximum absolute atomic E-state index is 12.0. The monoisotopic (exact) mass is 364 g/mol. The van der Waals surface area contributed by atoms with E-state index < -0.39 is 9.84 Å². The number of rotatable bonds is 6. The van der Waals surface area contributed by atoms with Gasteiger partial charge in [-0.2, -0.15) is 0 Å². The van der Waals surface area contributed by atoms with Gasteiger partial charge >= 0.3 is 0 Å². The number of hydrogen-bond acceptors (Lipinski definition) is 6. The summed E-state index contributed by atoms with van der Waals surface area (Å²) >= 11 is 1.46. The largest absolute Gasteiger partial charge is 0.373 e. The van der Waals surface area contributed by atoms with E-state index in [1.165, 1.54) is 11.8 Å². The second-order valence-electron chi connectivity index (χ2n) is 6.70. The SMILES string of the molecule is C[C@@H]1CN([C@H](C)CNC(=O)CS[C@@H]2CCS(=O)(=O)C2)C[C@@H](C)O1. The third-order valence-corrected chi connectivity index (χ3v) is 7.59. The second kappa shape index (κ2) is 8.18. The van der Waals surface area contributed by atoms with Gasteiger partial charge < -0.3 is 10.1 Å². The van der Waals surface area contributed by atoms with Gasteiger partial charge in [-0.25, -0.2) is 8.42 Å². The van der Waals surface area contributed by atoms with Gasteiger partial charge in [0.15, 0.2) is 9.84 Å². The average Bonchev–Trinajstić information content (AvgIpc) is 2.81. The van der Waals surface area contributed by atoms with Crippen LogP contribution in [-0.2, 0) is 19.4 Å². The maximum atomic E-state index is 12.0. The number of carbonyl (C=O) groups is 1. The molecule has 8 heteroatoms. The van der Waals surface area contributed by atoms with Gasteiger partial charge in [0.1, 0.15) is 0 Å². The topological polar surface area (TPSA) is 75.7 Å². The summed E-state index contributed by atoms with van der Waals surface area (Å²) in [6.07, 6.45) is 1.11. The number of thioether (sulfide) groups is 1. The third kappa shape index (κ3) is 6.25. The van der Waals surface area contributed by atoms with Crippen LogP contribution in [0.25, 0.3) is 0 Å². The molecular weight excluding hydrogens is 336 g/mol. The molecular formula is C15H28N2O4S2. The molecule has 2 aliphatic rings. The van der Waals surface area contributed by atoms with Gasteiger partial charge in [-0.3, -0.25) is 9.69 Å². The van der Waals surface area contributed by atoms with Crippen LogP contribution in [0.15, 0.2) is 0 Å². The van der Waals surface area contributed by atoms with Crippen molar-refractivity contribution < 1.29 is 17.9 Å². The third-order valence-electron chi connectivity index (χ3n) is 4.31. The Bertz CT molecular complexity index is 502. The molecule has 1 N–H and O–H groups in total. The highest BCUT2D eigenvalue weighted by Gasteiger charge is 2.29. The van der Waals surface area contributed by atoms with Crippen molar-refractivity contribution in [1.29, 1.82) is 0 Å². The summed E-state index contributed by atoms with van der Waals surface area (Å²) in [5, 5.41) is 3.04. The molecule has 2 fully saturated rings.